The van der Waals surface area contributed by atoms with Gasteiger partial charge in [0.05, 0.1) is 6.20 Å². The first-order valence-corrected chi connectivity index (χ1v) is 7.35. The van der Waals surface area contributed by atoms with Crippen molar-refractivity contribution in [2.75, 3.05) is 19.6 Å². The van der Waals surface area contributed by atoms with Gasteiger partial charge in [-0.05, 0) is 6.54 Å². The molecule has 102 valence electrons. The molecule has 0 amide bonds. The normalized spacial score (nSPS) is 11.9. The Morgan fingerprint density at radius 1 is 1.56 bits per heavy atom. The van der Waals surface area contributed by atoms with Crippen LogP contribution >= 0.6 is 0 Å². The van der Waals surface area contributed by atoms with Gasteiger partial charge in [0.25, 0.3) is 10.0 Å². The third-order valence-electron chi connectivity index (χ3n) is 2.53. The van der Waals surface area contributed by atoms with E-state index < -0.39 is 10.0 Å². The van der Waals surface area contributed by atoms with Crippen LogP contribution in [-0.2, 0) is 16.6 Å². The Kier molecular flexibility index (Phi) is 5.52. The van der Waals surface area contributed by atoms with Gasteiger partial charge in [-0.1, -0.05) is 19.9 Å². The maximum absolute atomic E-state index is 12.4. The first-order chi connectivity index (χ1) is 8.57. The lowest BCUT2D eigenvalue weighted by Gasteiger charge is -2.18. The van der Waals surface area contributed by atoms with Crippen LogP contribution in [-0.4, -0.2) is 42.6 Å². The average molecular weight is 272 g/mol. The van der Waals surface area contributed by atoms with Gasteiger partial charge in [0.1, 0.15) is 0 Å². The third-order valence-corrected chi connectivity index (χ3v) is 4.48. The van der Waals surface area contributed by atoms with Gasteiger partial charge in [0.15, 0.2) is 5.03 Å². The Labute approximate surface area is 108 Å². The minimum Gasteiger partial charge on any atom is -0.313 e. The van der Waals surface area contributed by atoms with Gasteiger partial charge < -0.3 is 5.32 Å². The summed E-state index contributed by atoms with van der Waals surface area (Å²) >= 11 is 0. The van der Waals surface area contributed by atoms with E-state index in [1.54, 1.807) is 13.0 Å². The second-order valence-electron chi connectivity index (χ2n) is 3.75. The summed E-state index contributed by atoms with van der Waals surface area (Å²) < 4.78 is 26.1. The first-order valence-electron chi connectivity index (χ1n) is 5.91. The topological polar surface area (TPSA) is 78.1 Å². The van der Waals surface area contributed by atoms with Gasteiger partial charge in [0.2, 0.25) is 0 Å². The van der Waals surface area contributed by atoms with E-state index >= 15 is 0 Å². The first kappa shape index (κ1) is 14.9. The minimum absolute atomic E-state index is 0.159. The highest BCUT2D eigenvalue weighted by atomic mass is 32.2. The largest absolute Gasteiger partial charge is 0.313 e. The molecule has 1 aromatic heterocycles. The molecule has 0 radical (unpaired) electrons. The molecule has 0 saturated carbocycles. The zero-order valence-corrected chi connectivity index (χ0v) is 11.6. The molecule has 0 unspecified atom stereocenters. The van der Waals surface area contributed by atoms with Gasteiger partial charge in [-0.2, -0.15) is 9.40 Å². The standard InChI is InChI=1S/C11H20N4O2S/c1-4-7-15(6-3)18(16,17)11-10(8-12-5-2)9-13-14-11/h4,9,12H,1,5-8H2,2-3H3,(H,13,14). The van der Waals surface area contributed by atoms with Crippen molar-refractivity contribution in [3.63, 3.8) is 0 Å². The maximum atomic E-state index is 12.4. The van der Waals surface area contributed by atoms with E-state index in [0.717, 1.165) is 6.54 Å². The second kappa shape index (κ2) is 6.67. The zero-order chi connectivity index (χ0) is 13.6. The van der Waals surface area contributed by atoms with Crippen molar-refractivity contribution in [2.45, 2.75) is 25.4 Å². The molecule has 18 heavy (non-hydrogen) atoms. The van der Waals surface area contributed by atoms with Crippen LogP contribution in [0.1, 0.15) is 19.4 Å². The smallest absolute Gasteiger partial charge is 0.260 e. The van der Waals surface area contributed by atoms with E-state index in [-0.39, 0.29) is 5.03 Å². The zero-order valence-electron chi connectivity index (χ0n) is 10.8. The number of aromatic nitrogens is 2. The van der Waals surface area contributed by atoms with Crippen LogP contribution in [0.15, 0.2) is 23.9 Å². The fraction of sp³-hybridized carbons (Fsp3) is 0.545. The van der Waals surface area contributed by atoms with E-state index in [2.05, 4.69) is 22.1 Å². The number of hydrogen-bond donors (Lipinski definition) is 2. The lowest BCUT2D eigenvalue weighted by atomic mass is 10.3. The van der Waals surface area contributed by atoms with Crippen molar-refractivity contribution in [1.29, 1.82) is 0 Å². The molecule has 2 N–H and O–H groups in total. The van der Waals surface area contributed by atoms with Gasteiger partial charge in [-0.25, -0.2) is 8.42 Å². The van der Waals surface area contributed by atoms with E-state index in [4.69, 9.17) is 0 Å². The van der Waals surface area contributed by atoms with Crippen LogP contribution in [0.25, 0.3) is 0 Å². The quantitative estimate of drug-likeness (QED) is 0.683. The van der Waals surface area contributed by atoms with Crippen LogP contribution in [0.2, 0.25) is 0 Å². The number of aromatic amines is 1. The number of H-pyrrole nitrogens is 1. The molecule has 0 aliphatic heterocycles. The molecule has 1 aromatic rings. The molecule has 1 rings (SSSR count). The van der Waals surface area contributed by atoms with E-state index in [1.807, 2.05) is 6.92 Å². The van der Waals surface area contributed by atoms with Crippen LogP contribution in [0.3, 0.4) is 0 Å². The fourth-order valence-corrected chi connectivity index (χ4v) is 3.10. The minimum atomic E-state index is -3.53. The monoisotopic (exact) mass is 272 g/mol. The van der Waals surface area contributed by atoms with Crippen molar-refractivity contribution < 1.29 is 8.42 Å². The summed E-state index contributed by atoms with van der Waals surface area (Å²) in [6, 6.07) is 0. The number of nitrogens with zero attached hydrogens (tertiary/aromatic N) is 2. The number of likely N-dealkylation sites (N-methyl/N-ethyl adjacent to an activating group) is 1. The predicted molar refractivity (Wildman–Crippen MR) is 70.6 cm³/mol. The highest BCUT2D eigenvalue weighted by Gasteiger charge is 2.26. The molecule has 0 saturated heterocycles. The van der Waals surface area contributed by atoms with Crippen LogP contribution in [0, 0.1) is 0 Å². The second-order valence-corrected chi connectivity index (χ2v) is 5.62. The van der Waals surface area contributed by atoms with Crippen molar-refractivity contribution in [3.8, 4) is 0 Å². The number of rotatable bonds is 8. The third kappa shape index (κ3) is 3.18. The molecule has 0 atom stereocenters. The molecule has 0 bridgehead atoms. The molecule has 0 spiro atoms. The average Bonchev–Trinajstić information content (AvgIpc) is 2.82. The van der Waals surface area contributed by atoms with Crippen molar-refractivity contribution in [2.24, 2.45) is 0 Å². The Bertz CT molecular complexity index is 481. The number of hydrogen-bond acceptors (Lipinski definition) is 4. The molecule has 1 heterocycles. The van der Waals surface area contributed by atoms with Gasteiger partial charge >= 0.3 is 0 Å². The summed E-state index contributed by atoms with van der Waals surface area (Å²) in [4.78, 5) is 0. The SMILES string of the molecule is C=CCN(CC)S(=O)(=O)c1[nH]ncc1CNCC. The summed E-state index contributed by atoms with van der Waals surface area (Å²) in [7, 11) is -3.53. The number of nitrogens with one attached hydrogen (secondary N) is 2. The molecular formula is C11H20N4O2S. The summed E-state index contributed by atoms with van der Waals surface area (Å²) in [6.07, 6.45) is 3.11. The van der Waals surface area contributed by atoms with Gasteiger partial charge in [0, 0.05) is 25.2 Å². The fourth-order valence-electron chi connectivity index (χ4n) is 1.58. The van der Waals surface area contributed by atoms with Crippen LogP contribution in [0.5, 0.6) is 0 Å². The molecule has 7 heteroatoms. The summed E-state index contributed by atoms with van der Waals surface area (Å²) in [5.74, 6) is 0. The van der Waals surface area contributed by atoms with E-state index in [0.29, 0.717) is 25.2 Å². The van der Waals surface area contributed by atoms with Crippen LogP contribution < -0.4 is 5.32 Å². The van der Waals surface area contributed by atoms with Crippen molar-refractivity contribution in [3.05, 3.63) is 24.4 Å². The van der Waals surface area contributed by atoms with Gasteiger partial charge in [-0.3, -0.25) is 5.10 Å². The Hall–Kier alpha value is -1.18. The van der Waals surface area contributed by atoms with E-state index in [1.165, 1.54) is 10.5 Å². The Morgan fingerprint density at radius 3 is 2.83 bits per heavy atom. The molecule has 0 aliphatic rings. The maximum Gasteiger partial charge on any atom is 0.260 e. The Morgan fingerprint density at radius 2 is 2.28 bits per heavy atom. The van der Waals surface area contributed by atoms with Gasteiger partial charge in [-0.15, -0.1) is 6.58 Å². The Balaban J connectivity index is 3.03. The number of sulfonamides is 1. The van der Waals surface area contributed by atoms with Crippen LogP contribution in [0.4, 0.5) is 0 Å². The summed E-state index contributed by atoms with van der Waals surface area (Å²) in [5.41, 5.74) is 0.652. The summed E-state index contributed by atoms with van der Waals surface area (Å²) in [5, 5.41) is 9.64. The highest BCUT2D eigenvalue weighted by molar-refractivity contribution is 7.89. The lowest BCUT2D eigenvalue weighted by Crippen LogP contribution is -2.32. The molecule has 6 nitrogen and oxygen atoms in total. The molecule has 0 aromatic carbocycles. The van der Waals surface area contributed by atoms with Crippen molar-refractivity contribution >= 4 is 10.0 Å². The van der Waals surface area contributed by atoms with E-state index in [9.17, 15) is 8.42 Å². The molecule has 0 fully saturated rings. The summed E-state index contributed by atoms with van der Waals surface area (Å²) in [6.45, 7) is 9.27. The predicted octanol–water partition coefficient (Wildman–Crippen LogP) is 0.716. The lowest BCUT2D eigenvalue weighted by molar-refractivity contribution is 0.455. The molecular weight excluding hydrogens is 252 g/mol. The molecule has 0 aliphatic carbocycles. The highest BCUT2D eigenvalue weighted by Crippen LogP contribution is 2.17. The van der Waals surface area contributed by atoms with Crippen molar-refractivity contribution in [1.82, 2.24) is 19.8 Å².